The number of rotatable bonds is 6. The first-order valence-electron chi connectivity index (χ1n) is 6.88. The van der Waals surface area contributed by atoms with E-state index >= 15 is 0 Å². The van der Waals surface area contributed by atoms with Gasteiger partial charge in [-0.3, -0.25) is 0 Å². The molecule has 0 radical (unpaired) electrons. The van der Waals surface area contributed by atoms with Gasteiger partial charge in [0.25, 0.3) is 0 Å². The van der Waals surface area contributed by atoms with Crippen LogP contribution >= 0.6 is 0 Å². The summed E-state index contributed by atoms with van der Waals surface area (Å²) in [6.07, 6.45) is 6.13. The van der Waals surface area contributed by atoms with Crippen molar-refractivity contribution in [2.75, 3.05) is 6.61 Å². The van der Waals surface area contributed by atoms with E-state index in [0.29, 0.717) is 12.5 Å². The minimum absolute atomic E-state index is 0.0887. The van der Waals surface area contributed by atoms with E-state index in [-0.39, 0.29) is 12.1 Å². The first-order valence-corrected chi connectivity index (χ1v) is 6.88. The summed E-state index contributed by atoms with van der Waals surface area (Å²) in [4.78, 5) is 4.30. The Labute approximate surface area is 109 Å². The summed E-state index contributed by atoms with van der Waals surface area (Å²) in [5.74, 6) is 1.52. The number of aliphatic hydroxyl groups excluding tert-OH is 1. The molecule has 1 fully saturated rings. The van der Waals surface area contributed by atoms with Gasteiger partial charge < -0.3 is 10.4 Å². The van der Waals surface area contributed by atoms with Gasteiger partial charge in [0, 0.05) is 12.1 Å². The van der Waals surface area contributed by atoms with E-state index < -0.39 is 0 Å². The van der Waals surface area contributed by atoms with Gasteiger partial charge >= 0.3 is 0 Å². The van der Waals surface area contributed by atoms with Gasteiger partial charge in [-0.1, -0.05) is 26.7 Å². The Bertz CT molecular complexity index is 369. The lowest BCUT2D eigenvalue weighted by molar-refractivity contribution is 0.161. The third-order valence-corrected chi connectivity index (χ3v) is 3.72. The van der Waals surface area contributed by atoms with Crippen molar-refractivity contribution in [1.82, 2.24) is 20.1 Å². The number of hydrogen-bond acceptors (Lipinski definition) is 4. The molecule has 5 heteroatoms. The molecule has 1 aliphatic rings. The van der Waals surface area contributed by atoms with E-state index in [1.54, 1.807) is 6.33 Å². The minimum atomic E-state index is -0.0887. The van der Waals surface area contributed by atoms with Crippen LogP contribution in [0.5, 0.6) is 0 Å². The molecule has 0 aromatic carbocycles. The fraction of sp³-hybridized carbons (Fsp3) is 0.846. The van der Waals surface area contributed by atoms with Crippen molar-refractivity contribution in [3.63, 3.8) is 0 Å². The lowest BCUT2D eigenvalue weighted by Crippen LogP contribution is -2.46. The van der Waals surface area contributed by atoms with Gasteiger partial charge in [-0.15, -0.1) is 0 Å². The number of aliphatic hydroxyl groups is 1. The second kappa shape index (κ2) is 5.80. The van der Waals surface area contributed by atoms with Crippen LogP contribution in [-0.4, -0.2) is 32.0 Å². The molecule has 0 amide bonds. The Morgan fingerprint density at radius 1 is 1.44 bits per heavy atom. The molecule has 0 bridgehead atoms. The van der Waals surface area contributed by atoms with Gasteiger partial charge in [0.1, 0.15) is 12.2 Å². The summed E-state index contributed by atoms with van der Waals surface area (Å²) >= 11 is 0. The minimum Gasteiger partial charge on any atom is -0.394 e. The summed E-state index contributed by atoms with van der Waals surface area (Å²) in [6.45, 7) is 6.14. The largest absolute Gasteiger partial charge is 0.394 e. The van der Waals surface area contributed by atoms with Crippen LogP contribution in [0.3, 0.4) is 0 Å². The fourth-order valence-corrected chi connectivity index (χ4v) is 2.63. The Balaban J connectivity index is 1.95. The lowest BCUT2D eigenvalue weighted by Gasteiger charge is -2.28. The number of nitrogens with one attached hydrogen (secondary N) is 1. The molecule has 0 atom stereocenters. The Morgan fingerprint density at radius 2 is 2.17 bits per heavy atom. The highest BCUT2D eigenvalue weighted by Crippen LogP contribution is 2.29. The molecule has 5 nitrogen and oxygen atoms in total. The molecule has 0 aliphatic heterocycles. The van der Waals surface area contributed by atoms with Crippen LogP contribution in [0, 0.1) is 5.92 Å². The van der Waals surface area contributed by atoms with Crippen molar-refractivity contribution in [3.8, 4) is 0 Å². The first-order chi connectivity index (χ1) is 8.65. The average molecular weight is 252 g/mol. The van der Waals surface area contributed by atoms with Crippen molar-refractivity contribution in [2.45, 2.75) is 58.2 Å². The number of aromatic nitrogens is 3. The van der Waals surface area contributed by atoms with Gasteiger partial charge in [0.2, 0.25) is 0 Å². The zero-order valence-electron chi connectivity index (χ0n) is 11.4. The normalized spacial score (nSPS) is 18.7. The van der Waals surface area contributed by atoms with Gasteiger partial charge in [0.15, 0.2) is 0 Å². The predicted molar refractivity (Wildman–Crippen MR) is 70.0 cm³/mol. The molecule has 1 saturated carbocycles. The quantitative estimate of drug-likeness (QED) is 0.801. The SMILES string of the molecule is CC(C)Cn1ncnc1CNC1(CO)CCCC1. The molecular weight excluding hydrogens is 228 g/mol. The van der Waals surface area contributed by atoms with E-state index in [0.717, 1.165) is 25.2 Å². The summed E-state index contributed by atoms with van der Waals surface area (Å²) in [6, 6.07) is 0. The monoisotopic (exact) mass is 252 g/mol. The maximum atomic E-state index is 9.55. The highest BCUT2D eigenvalue weighted by atomic mass is 16.3. The molecule has 1 aromatic heterocycles. The van der Waals surface area contributed by atoms with Crippen molar-refractivity contribution < 1.29 is 5.11 Å². The van der Waals surface area contributed by atoms with Crippen LogP contribution in [0.4, 0.5) is 0 Å². The van der Waals surface area contributed by atoms with Crippen molar-refractivity contribution >= 4 is 0 Å². The lowest BCUT2D eigenvalue weighted by atomic mass is 9.99. The molecule has 0 saturated heterocycles. The molecular formula is C13H24N4O. The highest BCUT2D eigenvalue weighted by Gasteiger charge is 2.32. The van der Waals surface area contributed by atoms with Crippen molar-refractivity contribution in [1.29, 1.82) is 0 Å². The van der Waals surface area contributed by atoms with Gasteiger partial charge in [-0.25, -0.2) is 9.67 Å². The summed E-state index contributed by atoms with van der Waals surface area (Å²) in [5, 5.41) is 17.3. The van der Waals surface area contributed by atoms with Crippen molar-refractivity contribution in [2.24, 2.45) is 5.92 Å². The Kier molecular flexibility index (Phi) is 4.35. The second-order valence-electron chi connectivity index (χ2n) is 5.75. The smallest absolute Gasteiger partial charge is 0.140 e. The molecule has 1 aromatic rings. The fourth-order valence-electron chi connectivity index (χ4n) is 2.63. The number of hydrogen-bond donors (Lipinski definition) is 2. The number of nitrogens with zero attached hydrogens (tertiary/aromatic N) is 3. The molecule has 102 valence electrons. The van der Waals surface area contributed by atoms with E-state index in [1.165, 1.54) is 12.8 Å². The molecule has 0 unspecified atom stereocenters. The Hall–Kier alpha value is -0.940. The van der Waals surface area contributed by atoms with Crippen LogP contribution in [0.1, 0.15) is 45.4 Å². The van der Waals surface area contributed by atoms with E-state index in [2.05, 4.69) is 29.2 Å². The van der Waals surface area contributed by atoms with Gasteiger partial charge in [-0.05, 0) is 18.8 Å². The maximum absolute atomic E-state index is 9.55. The molecule has 0 spiro atoms. The average Bonchev–Trinajstić information content (AvgIpc) is 2.95. The van der Waals surface area contributed by atoms with Crippen LogP contribution in [0.2, 0.25) is 0 Å². The van der Waals surface area contributed by atoms with Crippen LogP contribution < -0.4 is 5.32 Å². The summed E-state index contributed by atoms with van der Waals surface area (Å²) < 4.78 is 1.96. The van der Waals surface area contributed by atoms with Crippen LogP contribution in [-0.2, 0) is 13.1 Å². The van der Waals surface area contributed by atoms with Crippen LogP contribution in [0.25, 0.3) is 0 Å². The zero-order chi connectivity index (χ0) is 13.0. The van der Waals surface area contributed by atoms with Crippen LogP contribution in [0.15, 0.2) is 6.33 Å². The van der Waals surface area contributed by atoms with Gasteiger partial charge in [-0.2, -0.15) is 5.10 Å². The van der Waals surface area contributed by atoms with E-state index in [4.69, 9.17) is 0 Å². The first kappa shape index (κ1) is 13.5. The van der Waals surface area contributed by atoms with Gasteiger partial charge in [0.05, 0.1) is 13.2 Å². The topological polar surface area (TPSA) is 63.0 Å². The molecule has 18 heavy (non-hydrogen) atoms. The van der Waals surface area contributed by atoms with Crippen molar-refractivity contribution in [3.05, 3.63) is 12.2 Å². The molecule has 2 rings (SSSR count). The summed E-state index contributed by atoms with van der Waals surface area (Å²) in [7, 11) is 0. The standard InChI is InChI=1S/C13H24N4O/c1-11(2)8-17-12(14-10-16-17)7-15-13(9-18)5-3-4-6-13/h10-11,15,18H,3-9H2,1-2H3. The van der Waals surface area contributed by atoms with E-state index in [9.17, 15) is 5.11 Å². The van der Waals surface area contributed by atoms with E-state index in [1.807, 2.05) is 4.68 Å². The predicted octanol–water partition coefficient (Wildman–Crippen LogP) is 1.33. The molecule has 1 heterocycles. The maximum Gasteiger partial charge on any atom is 0.140 e. The Morgan fingerprint density at radius 3 is 2.78 bits per heavy atom. The zero-order valence-corrected chi connectivity index (χ0v) is 11.4. The highest BCUT2D eigenvalue weighted by molar-refractivity contribution is 4.95. The summed E-state index contributed by atoms with van der Waals surface area (Å²) in [5.41, 5.74) is -0.0887. The third kappa shape index (κ3) is 3.09. The third-order valence-electron chi connectivity index (χ3n) is 3.72. The second-order valence-corrected chi connectivity index (χ2v) is 5.75. The molecule has 2 N–H and O–H groups in total. The molecule has 1 aliphatic carbocycles.